The van der Waals surface area contributed by atoms with E-state index in [2.05, 4.69) is 15.6 Å². The summed E-state index contributed by atoms with van der Waals surface area (Å²) in [6, 6.07) is 9.84. The van der Waals surface area contributed by atoms with Crippen molar-refractivity contribution in [3.05, 3.63) is 54.2 Å². The van der Waals surface area contributed by atoms with Crippen LogP contribution in [0.3, 0.4) is 0 Å². The van der Waals surface area contributed by atoms with Gasteiger partial charge in [0.1, 0.15) is 30.0 Å². The number of nitrogens with one attached hydrogen (secondary N) is 2. The van der Waals surface area contributed by atoms with Crippen molar-refractivity contribution in [2.45, 2.75) is 26.1 Å². The summed E-state index contributed by atoms with van der Waals surface area (Å²) < 4.78 is 29.5. The van der Waals surface area contributed by atoms with Crippen LogP contribution < -0.4 is 15.4 Å². The molecule has 0 saturated carbocycles. The van der Waals surface area contributed by atoms with Crippen LogP contribution in [0.25, 0.3) is 0 Å². The average Bonchev–Trinajstić information content (AvgIpc) is 3.14. The lowest BCUT2D eigenvalue weighted by atomic mass is 10.3. The molecule has 1 heterocycles. The third-order valence-corrected chi connectivity index (χ3v) is 3.50. The summed E-state index contributed by atoms with van der Waals surface area (Å²) in [5, 5.41) is 6.39. The van der Waals surface area contributed by atoms with Crippen molar-refractivity contribution in [1.82, 2.24) is 10.6 Å². The van der Waals surface area contributed by atoms with E-state index in [0.29, 0.717) is 31.5 Å². The van der Waals surface area contributed by atoms with Crippen molar-refractivity contribution in [3.8, 4) is 5.75 Å². The second-order valence-electron chi connectivity index (χ2n) is 5.75. The lowest BCUT2D eigenvalue weighted by Crippen LogP contribution is -2.42. The highest BCUT2D eigenvalue weighted by Crippen LogP contribution is 2.13. The second-order valence-corrected chi connectivity index (χ2v) is 5.75. The Morgan fingerprint density at radius 2 is 2.11 bits per heavy atom. The molecule has 0 amide bonds. The molecule has 0 spiro atoms. The van der Waals surface area contributed by atoms with E-state index in [4.69, 9.17) is 13.9 Å². The Kier molecular flexibility index (Phi) is 11.5. The van der Waals surface area contributed by atoms with Crippen molar-refractivity contribution in [2.75, 3.05) is 26.7 Å². The van der Waals surface area contributed by atoms with Gasteiger partial charge in [-0.05, 0) is 37.6 Å². The van der Waals surface area contributed by atoms with E-state index in [0.717, 1.165) is 18.7 Å². The lowest BCUT2D eigenvalue weighted by molar-refractivity contribution is 0.105. The molecule has 8 heteroatoms. The van der Waals surface area contributed by atoms with Gasteiger partial charge in [0.15, 0.2) is 5.96 Å². The first-order valence-corrected chi connectivity index (χ1v) is 8.64. The molecule has 0 aliphatic carbocycles. The van der Waals surface area contributed by atoms with E-state index in [1.807, 2.05) is 19.1 Å². The smallest absolute Gasteiger partial charge is 0.191 e. The predicted molar refractivity (Wildman–Crippen MR) is 114 cm³/mol. The van der Waals surface area contributed by atoms with Crippen LogP contribution >= 0.6 is 24.0 Å². The van der Waals surface area contributed by atoms with Gasteiger partial charge in [-0.2, -0.15) is 0 Å². The third-order valence-electron chi connectivity index (χ3n) is 3.50. The van der Waals surface area contributed by atoms with Gasteiger partial charge in [-0.15, -0.1) is 24.0 Å². The number of rotatable bonds is 10. The number of ether oxygens (including phenoxy) is 2. The molecule has 0 bridgehead atoms. The molecule has 2 rings (SSSR count). The zero-order valence-corrected chi connectivity index (χ0v) is 17.9. The maximum atomic E-state index is 13.2. The maximum absolute atomic E-state index is 13.2. The monoisotopic (exact) mass is 491 g/mol. The summed E-state index contributed by atoms with van der Waals surface area (Å²) in [4.78, 5) is 4.16. The Morgan fingerprint density at radius 1 is 1.26 bits per heavy atom. The molecule has 1 aromatic heterocycles. The highest BCUT2D eigenvalue weighted by molar-refractivity contribution is 14.0. The minimum absolute atomic E-state index is 0. The fourth-order valence-corrected chi connectivity index (χ4v) is 2.22. The molecule has 0 fully saturated rings. The normalized spacial score (nSPS) is 12.2. The third kappa shape index (κ3) is 9.62. The summed E-state index contributed by atoms with van der Waals surface area (Å²) in [6.45, 7) is 4.30. The first kappa shape index (κ1) is 23.2. The fourth-order valence-electron chi connectivity index (χ4n) is 2.22. The minimum atomic E-state index is -0.311. The SMILES string of the molecule is CN=C(NCCCOCc1ccco1)NCC(C)Oc1cccc(F)c1.I. The molecule has 0 aliphatic heterocycles. The van der Waals surface area contributed by atoms with Crippen LogP contribution in [0.4, 0.5) is 4.39 Å². The van der Waals surface area contributed by atoms with Gasteiger partial charge in [0.25, 0.3) is 0 Å². The highest BCUT2D eigenvalue weighted by atomic mass is 127. The van der Waals surface area contributed by atoms with Crippen molar-refractivity contribution in [1.29, 1.82) is 0 Å². The van der Waals surface area contributed by atoms with Crippen LogP contribution in [-0.2, 0) is 11.3 Å². The first-order valence-electron chi connectivity index (χ1n) is 8.64. The van der Waals surface area contributed by atoms with Crippen LogP contribution in [0.2, 0.25) is 0 Å². The molecule has 1 aromatic carbocycles. The number of guanidine groups is 1. The molecule has 6 nitrogen and oxygen atoms in total. The average molecular weight is 491 g/mol. The van der Waals surface area contributed by atoms with Gasteiger partial charge < -0.3 is 24.5 Å². The Balaban J connectivity index is 0.00000364. The molecule has 0 radical (unpaired) electrons. The lowest BCUT2D eigenvalue weighted by Gasteiger charge is -2.17. The molecule has 2 N–H and O–H groups in total. The van der Waals surface area contributed by atoms with Crippen LogP contribution in [0.15, 0.2) is 52.1 Å². The van der Waals surface area contributed by atoms with Gasteiger partial charge >= 0.3 is 0 Å². The second kappa shape index (κ2) is 13.4. The maximum Gasteiger partial charge on any atom is 0.191 e. The number of furan rings is 1. The van der Waals surface area contributed by atoms with Crippen molar-refractivity contribution in [3.63, 3.8) is 0 Å². The van der Waals surface area contributed by atoms with Crippen molar-refractivity contribution >= 4 is 29.9 Å². The van der Waals surface area contributed by atoms with Gasteiger partial charge in [-0.3, -0.25) is 4.99 Å². The van der Waals surface area contributed by atoms with Gasteiger partial charge in [-0.1, -0.05) is 6.07 Å². The van der Waals surface area contributed by atoms with Gasteiger partial charge in [-0.25, -0.2) is 4.39 Å². The summed E-state index contributed by atoms with van der Waals surface area (Å²) in [5.41, 5.74) is 0. The number of aliphatic imine (C=N–C) groups is 1. The number of hydrogen-bond acceptors (Lipinski definition) is 4. The summed E-state index contributed by atoms with van der Waals surface area (Å²) >= 11 is 0. The van der Waals surface area contributed by atoms with Crippen LogP contribution in [0, 0.1) is 5.82 Å². The summed E-state index contributed by atoms with van der Waals surface area (Å²) in [6.07, 6.45) is 2.35. The fraction of sp³-hybridized carbons (Fsp3) is 0.421. The van der Waals surface area contributed by atoms with E-state index >= 15 is 0 Å². The first-order chi connectivity index (χ1) is 12.7. The van der Waals surface area contributed by atoms with Gasteiger partial charge in [0, 0.05) is 26.3 Å². The summed E-state index contributed by atoms with van der Waals surface area (Å²) in [5.74, 6) is 1.71. The van der Waals surface area contributed by atoms with Gasteiger partial charge in [0.05, 0.1) is 12.8 Å². The van der Waals surface area contributed by atoms with E-state index in [-0.39, 0.29) is 35.9 Å². The quantitative estimate of drug-likeness (QED) is 0.230. The van der Waals surface area contributed by atoms with Crippen LogP contribution in [-0.4, -0.2) is 38.8 Å². The molecule has 0 saturated heterocycles. The molecule has 0 aliphatic rings. The minimum Gasteiger partial charge on any atom is -0.489 e. The van der Waals surface area contributed by atoms with Gasteiger partial charge in [0.2, 0.25) is 0 Å². The number of nitrogens with zero attached hydrogens (tertiary/aromatic N) is 1. The number of benzene rings is 1. The molecule has 1 atom stereocenters. The largest absolute Gasteiger partial charge is 0.489 e. The Hall–Kier alpha value is -1.81. The van der Waals surface area contributed by atoms with E-state index in [9.17, 15) is 4.39 Å². The molecule has 1 unspecified atom stereocenters. The number of halogens is 2. The predicted octanol–water partition coefficient (Wildman–Crippen LogP) is 3.58. The zero-order valence-electron chi connectivity index (χ0n) is 15.6. The van der Waals surface area contributed by atoms with E-state index < -0.39 is 0 Å². The van der Waals surface area contributed by atoms with Crippen molar-refractivity contribution < 1.29 is 18.3 Å². The van der Waals surface area contributed by atoms with Crippen LogP contribution in [0.5, 0.6) is 5.75 Å². The Bertz CT molecular complexity index is 668. The Morgan fingerprint density at radius 3 is 2.81 bits per heavy atom. The zero-order chi connectivity index (χ0) is 18.6. The van der Waals surface area contributed by atoms with Crippen LogP contribution in [0.1, 0.15) is 19.1 Å². The van der Waals surface area contributed by atoms with E-state index in [1.54, 1.807) is 25.4 Å². The topological polar surface area (TPSA) is 68.0 Å². The molecule has 27 heavy (non-hydrogen) atoms. The highest BCUT2D eigenvalue weighted by Gasteiger charge is 2.06. The van der Waals surface area contributed by atoms with Crippen molar-refractivity contribution in [2.24, 2.45) is 4.99 Å². The molecule has 150 valence electrons. The van der Waals surface area contributed by atoms with E-state index in [1.165, 1.54) is 12.1 Å². The Labute approximate surface area is 176 Å². The molecule has 2 aromatic rings. The molecular formula is C19H27FIN3O3. The summed E-state index contributed by atoms with van der Waals surface area (Å²) in [7, 11) is 1.71. The number of hydrogen-bond donors (Lipinski definition) is 2. The molecular weight excluding hydrogens is 464 g/mol. The standard InChI is InChI=1S/C19H26FN3O3.HI/c1-15(26-17-7-3-6-16(20)12-17)13-23-19(21-2)22-9-5-10-24-14-18-8-4-11-25-18;/h3-4,6-8,11-12,15H,5,9-10,13-14H2,1-2H3,(H2,21,22,23);1H.